The van der Waals surface area contributed by atoms with E-state index in [9.17, 15) is 0 Å². The van der Waals surface area contributed by atoms with Crippen molar-refractivity contribution in [2.24, 2.45) is 35.5 Å². The molecule has 0 bridgehead atoms. The van der Waals surface area contributed by atoms with E-state index in [1.165, 1.54) is 83.5 Å². The standard InChI is InChI=1S/C27H56/c1-9-12-13-14-15-16-27(11-3)21-24(6)20-26(8)25(7)18-17-23(5)19-22(4)10-2/h22-27H,9-21H2,1-8H3. The average molecular weight is 381 g/mol. The van der Waals surface area contributed by atoms with Gasteiger partial charge in [-0.05, 0) is 54.8 Å². The van der Waals surface area contributed by atoms with Crippen LogP contribution in [-0.2, 0) is 0 Å². The minimum absolute atomic E-state index is 0.887. The molecule has 0 fully saturated rings. The first-order valence-corrected chi connectivity index (χ1v) is 12.8. The van der Waals surface area contributed by atoms with Crippen LogP contribution in [0.3, 0.4) is 0 Å². The summed E-state index contributed by atoms with van der Waals surface area (Å²) in [5, 5.41) is 0. The SMILES string of the molecule is CCCCCCCC(CC)CC(C)CC(C)C(C)CCC(C)CC(C)CC. The molecule has 0 heterocycles. The van der Waals surface area contributed by atoms with Crippen LogP contribution < -0.4 is 0 Å². The van der Waals surface area contributed by atoms with Gasteiger partial charge in [-0.15, -0.1) is 0 Å². The summed E-state index contributed by atoms with van der Waals surface area (Å²) in [5.41, 5.74) is 0. The van der Waals surface area contributed by atoms with Crippen LogP contribution in [0.4, 0.5) is 0 Å². The van der Waals surface area contributed by atoms with Crippen LogP contribution in [0.25, 0.3) is 0 Å². The van der Waals surface area contributed by atoms with Crippen molar-refractivity contribution >= 4 is 0 Å². The highest BCUT2D eigenvalue weighted by atomic mass is 14.2. The van der Waals surface area contributed by atoms with Gasteiger partial charge < -0.3 is 0 Å². The van der Waals surface area contributed by atoms with Gasteiger partial charge in [0.15, 0.2) is 0 Å². The van der Waals surface area contributed by atoms with Crippen molar-refractivity contribution < 1.29 is 0 Å². The third-order valence-electron chi connectivity index (χ3n) is 7.39. The smallest absolute Gasteiger partial charge is 0.0414 e. The Kier molecular flexibility index (Phi) is 16.9. The summed E-state index contributed by atoms with van der Waals surface area (Å²) in [6.45, 7) is 19.5. The van der Waals surface area contributed by atoms with E-state index >= 15 is 0 Å². The van der Waals surface area contributed by atoms with E-state index in [0.717, 1.165) is 35.5 Å². The van der Waals surface area contributed by atoms with Gasteiger partial charge in [-0.25, -0.2) is 0 Å². The molecule has 0 aliphatic heterocycles. The molecule has 27 heavy (non-hydrogen) atoms. The number of rotatable bonds is 18. The maximum atomic E-state index is 2.52. The summed E-state index contributed by atoms with van der Waals surface area (Å²) < 4.78 is 0. The van der Waals surface area contributed by atoms with Crippen LogP contribution in [0.15, 0.2) is 0 Å². The predicted molar refractivity (Wildman–Crippen MR) is 126 cm³/mol. The molecule has 0 nitrogen and oxygen atoms in total. The van der Waals surface area contributed by atoms with Gasteiger partial charge in [0.05, 0.1) is 0 Å². The van der Waals surface area contributed by atoms with Crippen LogP contribution in [0.1, 0.15) is 139 Å². The zero-order valence-corrected chi connectivity index (χ0v) is 20.7. The molecule has 0 saturated carbocycles. The molecule has 0 aromatic carbocycles. The Morgan fingerprint density at radius 1 is 0.481 bits per heavy atom. The average Bonchev–Trinajstić information content (AvgIpc) is 2.64. The fourth-order valence-electron chi connectivity index (χ4n) is 4.86. The highest BCUT2D eigenvalue weighted by Crippen LogP contribution is 2.31. The van der Waals surface area contributed by atoms with Crippen molar-refractivity contribution in [3.8, 4) is 0 Å². The fraction of sp³-hybridized carbons (Fsp3) is 1.00. The Balaban J connectivity index is 4.06. The first-order valence-electron chi connectivity index (χ1n) is 12.8. The lowest BCUT2D eigenvalue weighted by Crippen LogP contribution is -2.15. The minimum Gasteiger partial charge on any atom is -0.0654 e. The highest BCUT2D eigenvalue weighted by molar-refractivity contribution is 4.70. The lowest BCUT2D eigenvalue weighted by molar-refractivity contribution is 0.246. The first kappa shape index (κ1) is 27.0. The molecule has 0 spiro atoms. The van der Waals surface area contributed by atoms with Gasteiger partial charge in [0.2, 0.25) is 0 Å². The van der Waals surface area contributed by atoms with Crippen LogP contribution in [0.5, 0.6) is 0 Å². The number of unbranched alkanes of at least 4 members (excludes halogenated alkanes) is 4. The van der Waals surface area contributed by atoms with E-state index < -0.39 is 0 Å². The van der Waals surface area contributed by atoms with E-state index in [2.05, 4.69) is 55.4 Å². The Hall–Kier alpha value is 0. The van der Waals surface area contributed by atoms with Gasteiger partial charge in [-0.1, -0.05) is 120 Å². The van der Waals surface area contributed by atoms with Crippen molar-refractivity contribution in [1.29, 1.82) is 0 Å². The van der Waals surface area contributed by atoms with Crippen molar-refractivity contribution in [2.75, 3.05) is 0 Å². The maximum Gasteiger partial charge on any atom is -0.0414 e. The fourth-order valence-corrected chi connectivity index (χ4v) is 4.86. The van der Waals surface area contributed by atoms with Crippen LogP contribution in [0.2, 0.25) is 0 Å². The second-order valence-corrected chi connectivity index (χ2v) is 10.4. The van der Waals surface area contributed by atoms with E-state index in [-0.39, 0.29) is 0 Å². The molecule has 0 aliphatic carbocycles. The van der Waals surface area contributed by atoms with Crippen molar-refractivity contribution in [3.63, 3.8) is 0 Å². The molecule has 6 atom stereocenters. The molecule has 0 heteroatoms. The van der Waals surface area contributed by atoms with Gasteiger partial charge in [0.25, 0.3) is 0 Å². The van der Waals surface area contributed by atoms with E-state index in [4.69, 9.17) is 0 Å². The zero-order valence-electron chi connectivity index (χ0n) is 20.7. The second-order valence-electron chi connectivity index (χ2n) is 10.4. The monoisotopic (exact) mass is 380 g/mol. The van der Waals surface area contributed by atoms with Gasteiger partial charge in [0.1, 0.15) is 0 Å². The summed E-state index contributed by atoms with van der Waals surface area (Å²) >= 11 is 0. The molecule has 0 aromatic rings. The van der Waals surface area contributed by atoms with Crippen molar-refractivity contribution in [1.82, 2.24) is 0 Å². The highest BCUT2D eigenvalue weighted by Gasteiger charge is 2.19. The summed E-state index contributed by atoms with van der Waals surface area (Å²) in [6.07, 6.45) is 18.5. The molecule has 6 unspecified atom stereocenters. The van der Waals surface area contributed by atoms with E-state index in [1.807, 2.05) is 0 Å². The normalized spacial score (nSPS) is 18.7. The van der Waals surface area contributed by atoms with E-state index in [0.29, 0.717) is 0 Å². The Morgan fingerprint density at radius 2 is 1.15 bits per heavy atom. The zero-order chi connectivity index (χ0) is 20.7. The quantitative estimate of drug-likeness (QED) is 0.207. The third-order valence-corrected chi connectivity index (χ3v) is 7.39. The lowest BCUT2D eigenvalue weighted by Gasteiger charge is -2.27. The van der Waals surface area contributed by atoms with Gasteiger partial charge >= 0.3 is 0 Å². The summed E-state index contributed by atoms with van der Waals surface area (Å²) in [4.78, 5) is 0. The second kappa shape index (κ2) is 16.9. The Labute approximate surface area is 174 Å². The van der Waals surface area contributed by atoms with E-state index in [1.54, 1.807) is 0 Å². The molecule has 0 saturated heterocycles. The molecule has 0 aromatic heterocycles. The molecule has 0 aliphatic rings. The van der Waals surface area contributed by atoms with Crippen LogP contribution >= 0.6 is 0 Å². The number of hydrogen-bond donors (Lipinski definition) is 0. The van der Waals surface area contributed by atoms with Crippen molar-refractivity contribution in [2.45, 2.75) is 139 Å². The van der Waals surface area contributed by atoms with Gasteiger partial charge in [-0.2, -0.15) is 0 Å². The minimum atomic E-state index is 0.887. The van der Waals surface area contributed by atoms with Crippen LogP contribution in [0, 0.1) is 35.5 Å². The Bertz CT molecular complexity index is 307. The van der Waals surface area contributed by atoms with Crippen molar-refractivity contribution in [3.05, 3.63) is 0 Å². The molecule has 164 valence electrons. The third kappa shape index (κ3) is 14.6. The summed E-state index contributed by atoms with van der Waals surface area (Å²) in [7, 11) is 0. The predicted octanol–water partition coefficient (Wildman–Crippen LogP) is 9.91. The summed E-state index contributed by atoms with van der Waals surface area (Å²) in [5.74, 6) is 5.46. The molecule has 0 radical (unpaired) electrons. The van der Waals surface area contributed by atoms with Crippen LogP contribution in [-0.4, -0.2) is 0 Å². The number of hydrogen-bond acceptors (Lipinski definition) is 0. The Morgan fingerprint density at radius 3 is 1.74 bits per heavy atom. The lowest BCUT2D eigenvalue weighted by atomic mass is 9.79. The molecule has 0 amide bonds. The molecular weight excluding hydrogens is 324 g/mol. The molecule has 0 N–H and O–H groups in total. The molecule has 0 rings (SSSR count). The van der Waals surface area contributed by atoms with Gasteiger partial charge in [0, 0.05) is 0 Å². The first-order chi connectivity index (χ1) is 12.8. The maximum absolute atomic E-state index is 2.52. The molecular formula is C27H56. The largest absolute Gasteiger partial charge is 0.0654 e. The topological polar surface area (TPSA) is 0 Å². The van der Waals surface area contributed by atoms with Gasteiger partial charge in [-0.3, -0.25) is 0 Å². The summed E-state index contributed by atoms with van der Waals surface area (Å²) in [6, 6.07) is 0.